The van der Waals surface area contributed by atoms with Crippen LogP contribution in [0.3, 0.4) is 0 Å². The molecule has 7 nitrogen and oxygen atoms in total. The van der Waals surface area contributed by atoms with Gasteiger partial charge >= 0.3 is 0 Å². The second kappa shape index (κ2) is 10.6. The van der Waals surface area contributed by atoms with Gasteiger partial charge in [0.05, 0.1) is 10.2 Å². The molecule has 1 saturated heterocycles. The molecule has 174 valence electrons. The molecule has 3 heterocycles. The van der Waals surface area contributed by atoms with Crippen molar-refractivity contribution in [1.82, 2.24) is 14.2 Å². The molecule has 0 N–H and O–H groups in total. The van der Waals surface area contributed by atoms with E-state index < -0.39 is 10.0 Å². The summed E-state index contributed by atoms with van der Waals surface area (Å²) in [5.74, 6) is -0.168. The van der Waals surface area contributed by atoms with Crippen molar-refractivity contribution in [3.63, 3.8) is 0 Å². The van der Waals surface area contributed by atoms with Gasteiger partial charge in [0, 0.05) is 32.1 Å². The second-order valence-corrected chi connectivity index (χ2v) is 12.0. The number of anilines is 1. The lowest BCUT2D eigenvalue weighted by Crippen LogP contribution is -3.00. The summed E-state index contributed by atoms with van der Waals surface area (Å²) in [5.41, 5.74) is 0.891. The fourth-order valence-corrected chi connectivity index (χ4v) is 7.29. The third-order valence-corrected chi connectivity index (χ3v) is 9.77. The molecule has 1 amide bonds. The lowest BCUT2D eigenvalue weighted by Gasteiger charge is -2.33. The van der Waals surface area contributed by atoms with Gasteiger partial charge in [-0.15, -0.1) is 11.3 Å². The summed E-state index contributed by atoms with van der Waals surface area (Å²) in [7, 11) is 0.493. The molecule has 1 fully saturated rings. The van der Waals surface area contributed by atoms with Crippen molar-refractivity contribution >= 4 is 54.0 Å². The lowest BCUT2D eigenvalue weighted by molar-refractivity contribution is -0.123. The third kappa shape index (κ3) is 5.32. The number of rotatable bonds is 7. The Labute approximate surface area is 203 Å². The molecule has 0 aliphatic carbocycles. The number of hydrogen-bond donors (Lipinski definition) is 0. The van der Waals surface area contributed by atoms with Crippen LogP contribution in [0.2, 0.25) is 0 Å². The number of piperidine rings is 1. The number of carbonyl (C=O) groups excluding carboxylic acids is 1. The zero-order valence-corrected chi connectivity index (χ0v) is 21.2. The van der Waals surface area contributed by atoms with Crippen LogP contribution in [0.15, 0.2) is 46.0 Å². The van der Waals surface area contributed by atoms with Crippen LogP contribution in [0.5, 0.6) is 0 Å². The van der Waals surface area contributed by atoms with Crippen molar-refractivity contribution in [3.8, 4) is 0 Å². The summed E-state index contributed by atoms with van der Waals surface area (Å²) >= 11 is 2.75. The minimum absolute atomic E-state index is 0. The van der Waals surface area contributed by atoms with E-state index in [4.69, 9.17) is 4.98 Å². The minimum atomic E-state index is -3.47. The fourth-order valence-electron chi connectivity index (χ4n) is 3.68. The van der Waals surface area contributed by atoms with E-state index >= 15 is 0 Å². The molecule has 0 spiro atoms. The Kier molecular flexibility index (Phi) is 8.29. The predicted molar refractivity (Wildman–Crippen MR) is 126 cm³/mol. The molecule has 32 heavy (non-hydrogen) atoms. The number of likely N-dealkylation sites (N-methyl/N-ethyl adjacent to an activating group) is 1. The van der Waals surface area contributed by atoms with Crippen molar-refractivity contribution < 1.29 is 25.6 Å². The number of benzene rings is 1. The molecular weight excluding hydrogens is 488 g/mol. The first kappa shape index (κ1) is 25.1. The Morgan fingerprint density at radius 1 is 1.12 bits per heavy atom. The summed E-state index contributed by atoms with van der Waals surface area (Å²) in [5, 5.41) is 2.48. The highest BCUT2D eigenvalue weighted by atomic mass is 35.5. The molecule has 2 aromatic heterocycles. The van der Waals surface area contributed by atoms with Gasteiger partial charge in [-0.1, -0.05) is 29.5 Å². The van der Waals surface area contributed by atoms with Crippen molar-refractivity contribution in [2.75, 3.05) is 45.2 Å². The van der Waals surface area contributed by atoms with Crippen molar-refractivity contribution in [1.29, 1.82) is 0 Å². The van der Waals surface area contributed by atoms with Crippen molar-refractivity contribution in [2.24, 2.45) is 5.92 Å². The summed E-state index contributed by atoms with van der Waals surface area (Å²) in [6.45, 7) is 2.00. The average molecular weight is 514 g/mol. The average Bonchev–Trinajstić information content (AvgIpc) is 3.44. The number of aromatic nitrogens is 1. The largest absolute Gasteiger partial charge is 1.00 e. The third-order valence-electron chi connectivity index (χ3n) is 5.44. The number of thiazole rings is 1. The first-order valence-electron chi connectivity index (χ1n) is 10.2. The van der Waals surface area contributed by atoms with Gasteiger partial charge in [0.1, 0.15) is 4.21 Å². The molecule has 1 aromatic carbocycles. The monoisotopic (exact) mass is 513 g/mol. The summed E-state index contributed by atoms with van der Waals surface area (Å²) in [6, 6.07) is 11.3. The Balaban J connectivity index is 0.00000289. The van der Waals surface area contributed by atoms with Gasteiger partial charge in [-0.3, -0.25) is 9.69 Å². The zero-order chi connectivity index (χ0) is 22.0. The molecule has 3 aromatic rings. The topological polar surface area (TPSA) is 73.8 Å². The van der Waals surface area contributed by atoms with Crippen LogP contribution in [-0.4, -0.2) is 68.8 Å². The molecule has 1 aliphatic heterocycles. The molecule has 0 bridgehead atoms. The van der Waals surface area contributed by atoms with Crippen LogP contribution in [0.4, 0.5) is 5.13 Å². The molecule has 4 rings (SSSR count). The molecule has 0 unspecified atom stereocenters. The number of para-hydroxylation sites is 1. The van der Waals surface area contributed by atoms with Gasteiger partial charge in [-0.2, -0.15) is 4.31 Å². The van der Waals surface area contributed by atoms with E-state index in [1.807, 2.05) is 43.3 Å². The SMILES string of the molecule is CN(C)CCN(C(=O)C1CCN(S(=O)(=O)c2cccs2)CC1)c1nc2ccccc2s1.[Cl-]. The smallest absolute Gasteiger partial charge is 0.252 e. The molecule has 0 radical (unpaired) electrons. The number of fused-ring (bicyclic) bond motifs is 1. The Hall–Kier alpha value is -1.56. The highest BCUT2D eigenvalue weighted by Gasteiger charge is 2.35. The Bertz CT molecular complexity index is 1110. The summed E-state index contributed by atoms with van der Waals surface area (Å²) < 4.78 is 28.5. The lowest BCUT2D eigenvalue weighted by atomic mass is 9.96. The number of nitrogens with zero attached hydrogens (tertiary/aromatic N) is 4. The number of sulfonamides is 1. The van der Waals surface area contributed by atoms with Crippen LogP contribution < -0.4 is 17.3 Å². The molecule has 0 atom stereocenters. The van der Waals surface area contributed by atoms with E-state index in [1.54, 1.807) is 22.4 Å². The van der Waals surface area contributed by atoms with Crippen molar-refractivity contribution in [3.05, 3.63) is 41.8 Å². The number of amides is 1. The van der Waals surface area contributed by atoms with Crippen LogP contribution >= 0.6 is 22.7 Å². The quantitative estimate of drug-likeness (QED) is 0.456. The Morgan fingerprint density at radius 3 is 2.47 bits per heavy atom. The van der Waals surface area contributed by atoms with E-state index in [1.165, 1.54) is 27.0 Å². The van der Waals surface area contributed by atoms with Gasteiger partial charge in [-0.25, -0.2) is 13.4 Å². The first-order chi connectivity index (χ1) is 14.9. The number of hydrogen-bond acceptors (Lipinski definition) is 7. The van der Waals surface area contributed by atoms with E-state index in [0.29, 0.717) is 41.8 Å². The highest BCUT2D eigenvalue weighted by Crippen LogP contribution is 2.32. The standard InChI is InChI=1S/C21H26N4O3S3.ClH/c1-23(2)13-14-25(21-22-17-6-3-4-7-18(17)30-21)20(26)16-9-11-24(12-10-16)31(27,28)19-8-5-15-29-19;/h3-8,15-16H,9-14H2,1-2H3;1H/p-1. The zero-order valence-electron chi connectivity index (χ0n) is 18.0. The van der Waals surface area contributed by atoms with Crippen LogP contribution in [-0.2, 0) is 14.8 Å². The van der Waals surface area contributed by atoms with E-state index in [9.17, 15) is 13.2 Å². The van der Waals surface area contributed by atoms with Gasteiger partial charge in [-0.05, 0) is 50.5 Å². The van der Waals surface area contributed by atoms with Gasteiger partial charge in [0.2, 0.25) is 5.91 Å². The molecule has 0 saturated carbocycles. The number of thiophene rings is 1. The van der Waals surface area contributed by atoms with E-state index in [0.717, 1.165) is 16.8 Å². The summed E-state index contributed by atoms with van der Waals surface area (Å²) in [6.07, 6.45) is 1.04. The van der Waals surface area contributed by atoms with Crippen molar-refractivity contribution in [2.45, 2.75) is 17.1 Å². The van der Waals surface area contributed by atoms with Crippen LogP contribution in [0.1, 0.15) is 12.8 Å². The number of halogens is 1. The van der Waals surface area contributed by atoms with E-state index in [-0.39, 0.29) is 24.2 Å². The molecular formula is C21H26ClN4O3S3-. The minimum Gasteiger partial charge on any atom is -1.00 e. The van der Waals surface area contributed by atoms with Gasteiger partial charge in [0.15, 0.2) is 5.13 Å². The van der Waals surface area contributed by atoms with Gasteiger partial charge in [0.25, 0.3) is 10.0 Å². The van der Waals surface area contributed by atoms with E-state index in [2.05, 4.69) is 0 Å². The maximum absolute atomic E-state index is 13.5. The number of carbonyl (C=O) groups is 1. The van der Waals surface area contributed by atoms with Crippen LogP contribution in [0, 0.1) is 5.92 Å². The molecule has 11 heteroatoms. The predicted octanol–water partition coefficient (Wildman–Crippen LogP) is 0.357. The van der Waals surface area contributed by atoms with Crippen LogP contribution in [0.25, 0.3) is 10.2 Å². The van der Waals surface area contributed by atoms with Gasteiger partial charge < -0.3 is 17.3 Å². The normalized spacial score (nSPS) is 15.7. The molecule has 1 aliphatic rings. The fraction of sp³-hybridized carbons (Fsp3) is 0.429. The second-order valence-electron chi connectivity index (χ2n) is 7.87. The summed E-state index contributed by atoms with van der Waals surface area (Å²) in [4.78, 5) is 22.0. The first-order valence-corrected chi connectivity index (χ1v) is 13.4. The maximum atomic E-state index is 13.5. The maximum Gasteiger partial charge on any atom is 0.252 e. The highest BCUT2D eigenvalue weighted by molar-refractivity contribution is 7.91. The Morgan fingerprint density at radius 2 is 1.84 bits per heavy atom.